The summed E-state index contributed by atoms with van der Waals surface area (Å²) in [6.45, 7) is 0. The molecule has 3 nitrogen and oxygen atoms in total. The Kier molecular flexibility index (Phi) is 7.67. The second-order valence-corrected chi connectivity index (χ2v) is 14.4. The normalized spacial score (nSPS) is 11.4. The van der Waals surface area contributed by atoms with Crippen LogP contribution in [0.1, 0.15) is 0 Å². The third kappa shape index (κ3) is 5.95. The van der Waals surface area contributed by atoms with Gasteiger partial charge < -0.3 is 0 Å². The summed E-state index contributed by atoms with van der Waals surface area (Å²) in [5.41, 5.74) is 9.74. The lowest BCUT2D eigenvalue weighted by Crippen LogP contribution is -2.00. The molecule has 0 aliphatic heterocycles. The summed E-state index contributed by atoms with van der Waals surface area (Å²) < 4.78 is 2.49. The van der Waals surface area contributed by atoms with Crippen LogP contribution >= 0.6 is 11.3 Å². The van der Waals surface area contributed by atoms with Crippen LogP contribution in [-0.2, 0) is 0 Å². The Morgan fingerprint density at radius 2 is 0.698 bits per heavy atom. The molecule has 10 rings (SSSR count). The molecule has 0 saturated heterocycles. The van der Waals surface area contributed by atoms with E-state index in [1.165, 1.54) is 36.7 Å². The summed E-state index contributed by atoms with van der Waals surface area (Å²) in [6.07, 6.45) is 0. The lowest BCUT2D eigenvalue weighted by molar-refractivity contribution is 1.08. The standard InChI is InChI=1S/C49H31N3S/c1-4-12-32(13-5-1)35-20-21-37-27-38(23-22-36(37)26-35)47-50-48(39-24-25-44-43-18-10-11-19-45(43)53-46(44)31-39)52-49(51-47)42-29-40(33-14-6-2-7-15-33)28-41(30-42)34-16-8-3-9-17-34/h1-31H. The molecule has 2 heterocycles. The van der Waals surface area contributed by atoms with Crippen LogP contribution in [-0.4, -0.2) is 15.0 Å². The highest BCUT2D eigenvalue weighted by atomic mass is 32.1. The zero-order chi connectivity index (χ0) is 35.1. The molecular formula is C49H31N3S. The Bertz CT molecular complexity index is 2880. The molecule has 248 valence electrons. The van der Waals surface area contributed by atoms with E-state index >= 15 is 0 Å². The maximum atomic E-state index is 5.22. The summed E-state index contributed by atoms with van der Waals surface area (Å²) >= 11 is 1.80. The van der Waals surface area contributed by atoms with Crippen molar-refractivity contribution in [3.05, 3.63) is 188 Å². The van der Waals surface area contributed by atoms with Crippen molar-refractivity contribution in [1.82, 2.24) is 15.0 Å². The minimum absolute atomic E-state index is 0.635. The van der Waals surface area contributed by atoms with E-state index < -0.39 is 0 Å². The molecule has 53 heavy (non-hydrogen) atoms. The number of hydrogen-bond donors (Lipinski definition) is 0. The second-order valence-electron chi connectivity index (χ2n) is 13.3. The van der Waals surface area contributed by atoms with Gasteiger partial charge in [-0.25, -0.2) is 15.0 Å². The number of benzene rings is 8. The molecule has 0 aliphatic carbocycles. The van der Waals surface area contributed by atoms with Crippen LogP contribution in [0, 0.1) is 0 Å². The molecule has 0 amide bonds. The molecule has 8 aromatic carbocycles. The Labute approximate surface area is 311 Å². The highest BCUT2D eigenvalue weighted by molar-refractivity contribution is 7.25. The first-order valence-corrected chi connectivity index (χ1v) is 18.6. The topological polar surface area (TPSA) is 38.7 Å². The van der Waals surface area contributed by atoms with E-state index in [2.05, 4.69) is 188 Å². The first-order valence-electron chi connectivity index (χ1n) is 17.8. The van der Waals surface area contributed by atoms with E-state index in [0.717, 1.165) is 44.3 Å². The zero-order valence-corrected chi connectivity index (χ0v) is 29.5. The third-order valence-electron chi connectivity index (χ3n) is 9.88. The molecular weight excluding hydrogens is 663 g/mol. The van der Waals surface area contributed by atoms with Crippen molar-refractivity contribution in [2.75, 3.05) is 0 Å². The summed E-state index contributed by atoms with van der Waals surface area (Å²) in [5.74, 6) is 1.92. The smallest absolute Gasteiger partial charge is 0.164 e. The van der Waals surface area contributed by atoms with E-state index in [9.17, 15) is 0 Å². The first-order chi connectivity index (χ1) is 26.2. The molecule has 0 saturated carbocycles. The molecule has 0 bridgehead atoms. The summed E-state index contributed by atoms with van der Waals surface area (Å²) in [5, 5.41) is 4.82. The Hall–Kier alpha value is -6.75. The fourth-order valence-corrected chi connectivity index (χ4v) is 8.32. The van der Waals surface area contributed by atoms with Crippen molar-refractivity contribution in [1.29, 1.82) is 0 Å². The minimum atomic E-state index is 0.635. The van der Waals surface area contributed by atoms with Gasteiger partial charge in [-0.2, -0.15) is 0 Å². The average Bonchev–Trinajstić information content (AvgIpc) is 3.62. The summed E-state index contributed by atoms with van der Waals surface area (Å²) in [7, 11) is 0. The number of fused-ring (bicyclic) bond motifs is 4. The van der Waals surface area contributed by atoms with Gasteiger partial charge in [-0.1, -0.05) is 146 Å². The molecule has 0 spiro atoms. The minimum Gasteiger partial charge on any atom is -0.208 e. The van der Waals surface area contributed by atoms with Gasteiger partial charge in [0.1, 0.15) is 0 Å². The van der Waals surface area contributed by atoms with Gasteiger partial charge in [-0.3, -0.25) is 0 Å². The molecule has 0 aliphatic rings. The number of thiophene rings is 1. The average molecular weight is 694 g/mol. The van der Waals surface area contributed by atoms with Crippen LogP contribution in [0.5, 0.6) is 0 Å². The highest BCUT2D eigenvalue weighted by Gasteiger charge is 2.16. The predicted molar refractivity (Wildman–Crippen MR) is 223 cm³/mol. The second kappa shape index (κ2) is 13.1. The molecule has 4 heteroatoms. The lowest BCUT2D eigenvalue weighted by Gasteiger charge is -2.13. The van der Waals surface area contributed by atoms with E-state index in [1.807, 2.05) is 0 Å². The van der Waals surface area contributed by atoms with Gasteiger partial charge in [-0.15, -0.1) is 11.3 Å². The van der Waals surface area contributed by atoms with Gasteiger partial charge in [0.25, 0.3) is 0 Å². The molecule has 0 unspecified atom stereocenters. The third-order valence-corrected chi connectivity index (χ3v) is 11.0. The van der Waals surface area contributed by atoms with Crippen molar-refractivity contribution < 1.29 is 0 Å². The van der Waals surface area contributed by atoms with Gasteiger partial charge in [0, 0.05) is 36.9 Å². The fourth-order valence-electron chi connectivity index (χ4n) is 7.17. The maximum absolute atomic E-state index is 5.22. The molecule has 10 aromatic rings. The Morgan fingerprint density at radius 3 is 1.32 bits per heavy atom. The van der Waals surface area contributed by atoms with Crippen molar-refractivity contribution in [2.24, 2.45) is 0 Å². The molecule has 2 aromatic heterocycles. The maximum Gasteiger partial charge on any atom is 0.164 e. The SMILES string of the molecule is c1ccc(-c2cc(-c3ccccc3)cc(-c3nc(-c4ccc5cc(-c6ccccc6)ccc5c4)nc(-c4ccc5c(c4)sc4ccccc45)n3)c2)cc1. The van der Waals surface area contributed by atoms with Gasteiger partial charge in [-0.05, 0) is 86.6 Å². The zero-order valence-electron chi connectivity index (χ0n) is 28.6. The quantitative estimate of drug-likeness (QED) is 0.174. The van der Waals surface area contributed by atoms with Crippen LogP contribution in [0.3, 0.4) is 0 Å². The van der Waals surface area contributed by atoms with Crippen LogP contribution < -0.4 is 0 Å². The monoisotopic (exact) mass is 693 g/mol. The summed E-state index contributed by atoms with van der Waals surface area (Å²) in [6, 6.07) is 66.5. The van der Waals surface area contributed by atoms with Crippen LogP contribution in [0.25, 0.3) is 98.5 Å². The van der Waals surface area contributed by atoms with E-state index in [0.29, 0.717) is 17.5 Å². The van der Waals surface area contributed by atoms with Crippen molar-refractivity contribution in [2.45, 2.75) is 0 Å². The Balaban J connectivity index is 1.16. The van der Waals surface area contributed by atoms with E-state index in [-0.39, 0.29) is 0 Å². The summed E-state index contributed by atoms with van der Waals surface area (Å²) in [4.78, 5) is 15.6. The van der Waals surface area contributed by atoms with Crippen molar-refractivity contribution in [3.63, 3.8) is 0 Å². The van der Waals surface area contributed by atoms with Crippen LogP contribution in [0.4, 0.5) is 0 Å². The fraction of sp³-hybridized carbons (Fsp3) is 0. The first kappa shape index (κ1) is 31.0. The van der Waals surface area contributed by atoms with Gasteiger partial charge in [0.05, 0.1) is 0 Å². The van der Waals surface area contributed by atoms with E-state index in [4.69, 9.17) is 15.0 Å². The largest absolute Gasteiger partial charge is 0.208 e. The van der Waals surface area contributed by atoms with Crippen molar-refractivity contribution in [3.8, 4) is 67.5 Å². The number of aromatic nitrogens is 3. The van der Waals surface area contributed by atoms with Gasteiger partial charge in [0.15, 0.2) is 17.5 Å². The Morgan fingerprint density at radius 1 is 0.264 bits per heavy atom. The number of nitrogens with zero attached hydrogens (tertiary/aromatic N) is 3. The number of hydrogen-bond acceptors (Lipinski definition) is 4. The lowest BCUT2D eigenvalue weighted by atomic mass is 9.96. The number of rotatable bonds is 6. The van der Waals surface area contributed by atoms with Gasteiger partial charge in [0.2, 0.25) is 0 Å². The van der Waals surface area contributed by atoms with Crippen molar-refractivity contribution >= 4 is 42.3 Å². The molecule has 0 atom stereocenters. The molecule has 0 radical (unpaired) electrons. The van der Waals surface area contributed by atoms with Gasteiger partial charge >= 0.3 is 0 Å². The van der Waals surface area contributed by atoms with E-state index in [1.54, 1.807) is 11.3 Å². The predicted octanol–water partition coefficient (Wildman–Crippen LogP) is 13.4. The highest BCUT2D eigenvalue weighted by Crippen LogP contribution is 2.38. The molecule has 0 fully saturated rings. The van der Waals surface area contributed by atoms with Crippen LogP contribution in [0.15, 0.2) is 188 Å². The van der Waals surface area contributed by atoms with Crippen LogP contribution in [0.2, 0.25) is 0 Å². The molecule has 0 N–H and O–H groups in total.